The molecule has 1 N–H and O–H groups in total. The van der Waals surface area contributed by atoms with E-state index in [9.17, 15) is 4.79 Å². The number of carbonyl (C=O) groups excluding carboxylic acids is 1. The first-order valence-electron chi connectivity index (χ1n) is 6.82. The van der Waals surface area contributed by atoms with Gasteiger partial charge in [-0.3, -0.25) is 4.79 Å². The van der Waals surface area contributed by atoms with Crippen LogP contribution < -0.4 is 5.32 Å². The molecule has 1 aliphatic rings. The van der Waals surface area contributed by atoms with Gasteiger partial charge in [0.25, 0.3) is 0 Å². The van der Waals surface area contributed by atoms with E-state index in [2.05, 4.69) is 32.7 Å². The highest BCUT2D eigenvalue weighted by molar-refractivity contribution is 9.10. The number of hydrogen-bond donors (Lipinski definition) is 1. The molecule has 0 aliphatic carbocycles. The monoisotopic (exact) mass is 344 g/mol. The summed E-state index contributed by atoms with van der Waals surface area (Å²) in [5.74, 6) is 0.998. The fourth-order valence-corrected chi connectivity index (χ4v) is 3.95. The van der Waals surface area contributed by atoms with E-state index < -0.39 is 0 Å². The summed E-state index contributed by atoms with van der Waals surface area (Å²) in [4.78, 5) is 15.2. The number of halogens is 1. The number of nitrogens with one attached hydrogen (secondary N) is 1. The van der Waals surface area contributed by atoms with E-state index in [1.54, 1.807) is 11.3 Å². The van der Waals surface area contributed by atoms with Crippen molar-refractivity contribution in [3.05, 3.63) is 20.8 Å². The van der Waals surface area contributed by atoms with Gasteiger partial charge in [-0.25, -0.2) is 0 Å². The molecule has 0 bridgehead atoms. The third kappa shape index (κ3) is 4.89. The summed E-state index contributed by atoms with van der Waals surface area (Å²) in [6.45, 7) is 2.94. The molecule has 0 radical (unpaired) electrons. The maximum atomic E-state index is 12.1. The maximum Gasteiger partial charge on any atom is 0.222 e. The highest BCUT2D eigenvalue weighted by Gasteiger charge is 2.16. The minimum absolute atomic E-state index is 0.267. The maximum absolute atomic E-state index is 12.1. The van der Waals surface area contributed by atoms with Crippen molar-refractivity contribution >= 4 is 33.2 Å². The Morgan fingerprint density at radius 3 is 2.89 bits per heavy atom. The first kappa shape index (κ1) is 15.0. The van der Waals surface area contributed by atoms with E-state index in [0.29, 0.717) is 6.42 Å². The van der Waals surface area contributed by atoms with Gasteiger partial charge >= 0.3 is 0 Å². The Morgan fingerprint density at radius 2 is 2.26 bits per heavy atom. The summed E-state index contributed by atoms with van der Waals surface area (Å²) in [5, 5.41) is 5.42. The molecule has 1 saturated heterocycles. The normalized spacial score (nSPS) is 16.5. The van der Waals surface area contributed by atoms with Crippen LogP contribution in [-0.4, -0.2) is 30.9 Å². The largest absolute Gasteiger partial charge is 0.341 e. The molecule has 0 atom stereocenters. The van der Waals surface area contributed by atoms with Gasteiger partial charge in [0.15, 0.2) is 0 Å². The highest BCUT2D eigenvalue weighted by atomic mass is 79.9. The van der Waals surface area contributed by atoms with E-state index in [-0.39, 0.29) is 5.91 Å². The van der Waals surface area contributed by atoms with Crippen molar-refractivity contribution in [1.29, 1.82) is 0 Å². The number of nitrogens with zero attached hydrogens (tertiary/aromatic N) is 1. The number of amides is 1. The van der Waals surface area contributed by atoms with Crippen molar-refractivity contribution in [2.24, 2.45) is 5.92 Å². The Balaban J connectivity index is 1.72. The Bertz CT molecular complexity index is 415. The summed E-state index contributed by atoms with van der Waals surface area (Å²) in [5.41, 5.74) is 0. The third-order valence-electron chi connectivity index (χ3n) is 3.67. The number of hydrogen-bond acceptors (Lipinski definition) is 3. The molecule has 19 heavy (non-hydrogen) atoms. The van der Waals surface area contributed by atoms with Crippen LogP contribution in [-0.2, 0) is 11.3 Å². The predicted octanol–water partition coefficient (Wildman–Crippen LogP) is 3.25. The van der Waals surface area contributed by atoms with Crippen LogP contribution >= 0.6 is 27.3 Å². The van der Waals surface area contributed by atoms with Crippen molar-refractivity contribution in [1.82, 2.24) is 10.2 Å². The molecule has 106 valence electrons. The molecule has 3 nitrogen and oxygen atoms in total. The summed E-state index contributed by atoms with van der Waals surface area (Å²) in [7, 11) is 1.90. The van der Waals surface area contributed by atoms with Crippen molar-refractivity contribution in [3.63, 3.8) is 0 Å². The summed E-state index contributed by atoms with van der Waals surface area (Å²) < 4.78 is 1.10. The van der Waals surface area contributed by atoms with E-state index in [0.717, 1.165) is 36.4 Å². The van der Waals surface area contributed by atoms with Crippen LogP contribution in [0, 0.1) is 5.92 Å². The van der Waals surface area contributed by atoms with Crippen LogP contribution in [0.15, 0.2) is 15.9 Å². The zero-order valence-electron chi connectivity index (χ0n) is 11.3. The lowest BCUT2D eigenvalue weighted by Crippen LogP contribution is -2.30. The van der Waals surface area contributed by atoms with Gasteiger partial charge in [0, 0.05) is 28.2 Å². The smallest absolute Gasteiger partial charge is 0.222 e. The van der Waals surface area contributed by atoms with Gasteiger partial charge in [0.1, 0.15) is 0 Å². The van der Waals surface area contributed by atoms with Gasteiger partial charge in [-0.1, -0.05) is 0 Å². The van der Waals surface area contributed by atoms with E-state index in [4.69, 9.17) is 0 Å². The molecule has 1 aromatic rings. The van der Waals surface area contributed by atoms with Crippen molar-refractivity contribution < 1.29 is 4.79 Å². The number of thiophene rings is 1. The quantitative estimate of drug-likeness (QED) is 0.889. The van der Waals surface area contributed by atoms with E-state index in [1.807, 2.05) is 11.9 Å². The molecule has 0 unspecified atom stereocenters. The van der Waals surface area contributed by atoms with Gasteiger partial charge in [0.2, 0.25) is 5.91 Å². The molecule has 1 amide bonds. The molecular weight excluding hydrogens is 324 g/mol. The molecule has 5 heteroatoms. The summed E-state index contributed by atoms with van der Waals surface area (Å²) >= 11 is 5.14. The van der Waals surface area contributed by atoms with Crippen LogP contribution in [0.25, 0.3) is 0 Å². The zero-order chi connectivity index (χ0) is 13.7. The van der Waals surface area contributed by atoms with Crippen LogP contribution in [0.4, 0.5) is 0 Å². The van der Waals surface area contributed by atoms with E-state index in [1.165, 1.54) is 17.7 Å². The van der Waals surface area contributed by atoms with Crippen molar-refractivity contribution in [2.45, 2.75) is 32.2 Å². The van der Waals surface area contributed by atoms with Gasteiger partial charge in [-0.2, -0.15) is 0 Å². The fraction of sp³-hybridized carbons (Fsp3) is 0.643. The highest BCUT2D eigenvalue weighted by Crippen LogP contribution is 2.22. The van der Waals surface area contributed by atoms with Gasteiger partial charge in [-0.05, 0) is 60.3 Å². The van der Waals surface area contributed by atoms with Crippen molar-refractivity contribution in [3.8, 4) is 0 Å². The standard InChI is InChI=1S/C14H21BrN2OS/c1-17(9-13-8-12(15)10-19-13)14(18)3-2-11-4-6-16-7-5-11/h8,10-11,16H,2-7,9H2,1H3. The lowest BCUT2D eigenvalue weighted by Gasteiger charge is -2.23. The van der Waals surface area contributed by atoms with Gasteiger partial charge in [0.05, 0.1) is 6.54 Å². The number of rotatable bonds is 5. The minimum atomic E-state index is 0.267. The molecule has 2 rings (SSSR count). The lowest BCUT2D eigenvalue weighted by molar-refractivity contribution is -0.130. The van der Waals surface area contributed by atoms with Crippen LogP contribution in [0.3, 0.4) is 0 Å². The molecule has 1 fully saturated rings. The van der Waals surface area contributed by atoms with Crippen LogP contribution in [0.5, 0.6) is 0 Å². The predicted molar refractivity (Wildman–Crippen MR) is 83.3 cm³/mol. The number of piperidine rings is 1. The van der Waals surface area contributed by atoms with Gasteiger partial charge < -0.3 is 10.2 Å². The van der Waals surface area contributed by atoms with Gasteiger partial charge in [-0.15, -0.1) is 11.3 Å². The zero-order valence-corrected chi connectivity index (χ0v) is 13.7. The third-order valence-corrected chi connectivity index (χ3v) is 5.35. The van der Waals surface area contributed by atoms with Crippen molar-refractivity contribution in [2.75, 3.05) is 20.1 Å². The van der Waals surface area contributed by atoms with Crippen LogP contribution in [0.2, 0.25) is 0 Å². The molecule has 2 heterocycles. The minimum Gasteiger partial charge on any atom is -0.341 e. The fourth-order valence-electron chi connectivity index (χ4n) is 2.45. The molecular formula is C14H21BrN2OS. The second-order valence-electron chi connectivity index (χ2n) is 5.21. The average molecular weight is 345 g/mol. The SMILES string of the molecule is CN(Cc1cc(Br)cs1)C(=O)CCC1CCNCC1. The molecule has 1 aromatic heterocycles. The Kier molecular flexibility index (Phi) is 5.85. The Hall–Kier alpha value is -0.390. The molecule has 0 spiro atoms. The lowest BCUT2D eigenvalue weighted by atomic mass is 9.93. The number of carbonyl (C=O) groups is 1. The molecule has 1 aliphatic heterocycles. The first-order valence-corrected chi connectivity index (χ1v) is 8.50. The topological polar surface area (TPSA) is 32.3 Å². The Morgan fingerprint density at radius 1 is 1.53 bits per heavy atom. The summed E-state index contributed by atoms with van der Waals surface area (Å²) in [6, 6.07) is 2.08. The van der Waals surface area contributed by atoms with E-state index >= 15 is 0 Å². The summed E-state index contributed by atoms with van der Waals surface area (Å²) in [6.07, 6.45) is 4.16. The Labute approximate surface area is 127 Å². The average Bonchev–Trinajstić information content (AvgIpc) is 2.82. The second kappa shape index (κ2) is 7.41. The van der Waals surface area contributed by atoms with Crippen LogP contribution in [0.1, 0.15) is 30.6 Å². The molecule has 0 aromatic carbocycles. The first-order chi connectivity index (χ1) is 9.15. The molecule has 0 saturated carbocycles. The second-order valence-corrected chi connectivity index (χ2v) is 7.12.